The zero-order valence-corrected chi connectivity index (χ0v) is 20.6. The maximum Gasteiger partial charge on any atom is 0.234 e. The van der Waals surface area contributed by atoms with Crippen molar-refractivity contribution in [3.63, 3.8) is 0 Å². The van der Waals surface area contributed by atoms with Crippen LogP contribution in [0.1, 0.15) is 21.2 Å². The number of para-hydroxylation sites is 2. The number of rotatable bonds is 8. The topological polar surface area (TPSA) is 91.2 Å². The summed E-state index contributed by atoms with van der Waals surface area (Å²) in [6, 6.07) is 22.3. The molecule has 4 rings (SSSR count). The number of nitrogens with one attached hydrogen (secondary N) is 2. The Morgan fingerprint density at radius 3 is 2.57 bits per heavy atom. The summed E-state index contributed by atoms with van der Waals surface area (Å²) in [4.78, 5) is 27.0. The highest BCUT2D eigenvalue weighted by Crippen LogP contribution is 2.44. The van der Waals surface area contributed by atoms with E-state index in [2.05, 4.69) is 23.3 Å². The van der Waals surface area contributed by atoms with Crippen molar-refractivity contribution in [3.05, 3.63) is 105 Å². The quantitative estimate of drug-likeness (QED) is 0.393. The summed E-state index contributed by atoms with van der Waals surface area (Å²) < 4.78 is 5.36. The first-order chi connectivity index (χ1) is 17.0. The SMILES string of the molecule is C=C1NC(SCC(=O)c2ccccc2)=C(C#N)C(c2cccs2)C1C(=O)Nc1ccccc1OC. The second-order valence-electron chi connectivity index (χ2n) is 7.74. The maximum atomic E-state index is 13.5. The van der Waals surface area contributed by atoms with Crippen molar-refractivity contribution in [1.29, 1.82) is 5.26 Å². The number of thioether (sulfide) groups is 1. The van der Waals surface area contributed by atoms with E-state index in [-0.39, 0.29) is 17.4 Å². The van der Waals surface area contributed by atoms with E-state index < -0.39 is 11.8 Å². The van der Waals surface area contributed by atoms with Gasteiger partial charge in [0, 0.05) is 22.1 Å². The van der Waals surface area contributed by atoms with Gasteiger partial charge in [-0.2, -0.15) is 5.26 Å². The highest BCUT2D eigenvalue weighted by Gasteiger charge is 2.41. The third-order valence-electron chi connectivity index (χ3n) is 5.60. The molecule has 3 aromatic rings. The Morgan fingerprint density at radius 1 is 1.14 bits per heavy atom. The highest BCUT2D eigenvalue weighted by atomic mass is 32.2. The Kier molecular flexibility index (Phi) is 7.70. The molecule has 1 aliphatic rings. The average Bonchev–Trinajstić information content (AvgIpc) is 3.42. The third-order valence-corrected chi connectivity index (χ3v) is 7.57. The predicted molar refractivity (Wildman–Crippen MR) is 140 cm³/mol. The van der Waals surface area contributed by atoms with Crippen LogP contribution >= 0.6 is 23.1 Å². The van der Waals surface area contributed by atoms with E-state index in [1.165, 1.54) is 30.2 Å². The first-order valence-corrected chi connectivity index (χ1v) is 12.7. The number of ether oxygens (including phenoxy) is 1. The van der Waals surface area contributed by atoms with Crippen molar-refractivity contribution in [2.24, 2.45) is 5.92 Å². The summed E-state index contributed by atoms with van der Waals surface area (Å²) >= 11 is 2.72. The van der Waals surface area contributed by atoms with Crippen LogP contribution in [0.2, 0.25) is 0 Å². The molecule has 35 heavy (non-hydrogen) atoms. The zero-order chi connectivity index (χ0) is 24.8. The van der Waals surface area contributed by atoms with Crippen LogP contribution in [-0.4, -0.2) is 24.6 Å². The molecule has 0 aliphatic carbocycles. The highest BCUT2D eigenvalue weighted by molar-refractivity contribution is 8.03. The number of ketones is 1. The lowest BCUT2D eigenvalue weighted by Crippen LogP contribution is -2.39. The summed E-state index contributed by atoms with van der Waals surface area (Å²) in [6.07, 6.45) is 0. The minimum absolute atomic E-state index is 0.0449. The van der Waals surface area contributed by atoms with Crippen LogP contribution in [0.3, 0.4) is 0 Å². The number of carbonyl (C=O) groups is 2. The molecule has 1 amide bonds. The van der Waals surface area contributed by atoms with Crippen LogP contribution in [0.5, 0.6) is 5.75 Å². The maximum absolute atomic E-state index is 13.5. The van der Waals surface area contributed by atoms with Crippen LogP contribution in [-0.2, 0) is 4.79 Å². The van der Waals surface area contributed by atoms with Gasteiger partial charge in [-0.25, -0.2) is 0 Å². The Bertz CT molecular complexity index is 1310. The Hall–Kier alpha value is -3.80. The van der Waals surface area contributed by atoms with Gasteiger partial charge in [-0.05, 0) is 23.6 Å². The number of allylic oxidation sites excluding steroid dienone is 1. The molecule has 8 heteroatoms. The molecule has 6 nitrogen and oxygen atoms in total. The lowest BCUT2D eigenvalue weighted by Gasteiger charge is -2.34. The van der Waals surface area contributed by atoms with Crippen LogP contribution in [0.4, 0.5) is 5.69 Å². The van der Waals surface area contributed by atoms with Gasteiger partial charge in [-0.1, -0.05) is 66.9 Å². The van der Waals surface area contributed by atoms with Gasteiger partial charge in [0.15, 0.2) is 5.78 Å². The van der Waals surface area contributed by atoms with E-state index >= 15 is 0 Å². The number of hydrogen-bond acceptors (Lipinski definition) is 7. The van der Waals surface area contributed by atoms with E-state index in [1.807, 2.05) is 47.8 Å². The number of hydrogen-bond donors (Lipinski definition) is 2. The van der Waals surface area contributed by atoms with Crippen LogP contribution in [0.15, 0.2) is 95.0 Å². The van der Waals surface area contributed by atoms with Crippen molar-refractivity contribution in [2.45, 2.75) is 5.92 Å². The molecule has 2 aromatic carbocycles. The molecule has 1 aliphatic heterocycles. The summed E-state index contributed by atoms with van der Waals surface area (Å²) in [6.45, 7) is 4.12. The summed E-state index contributed by atoms with van der Waals surface area (Å²) in [5, 5.41) is 18.7. The molecule has 2 N–H and O–H groups in total. The number of Topliss-reactive ketones (excluding diaryl/α,β-unsaturated/α-hetero) is 1. The average molecular weight is 502 g/mol. The molecule has 176 valence electrons. The van der Waals surface area contributed by atoms with E-state index in [9.17, 15) is 14.9 Å². The van der Waals surface area contributed by atoms with E-state index in [1.54, 1.807) is 24.3 Å². The van der Waals surface area contributed by atoms with Gasteiger partial charge < -0.3 is 15.4 Å². The van der Waals surface area contributed by atoms with Crippen molar-refractivity contribution < 1.29 is 14.3 Å². The zero-order valence-electron chi connectivity index (χ0n) is 19.0. The van der Waals surface area contributed by atoms with Crippen LogP contribution < -0.4 is 15.4 Å². The molecule has 0 spiro atoms. The monoisotopic (exact) mass is 501 g/mol. The first-order valence-electron chi connectivity index (χ1n) is 10.8. The number of benzene rings is 2. The molecule has 0 fully saturated rings. The van der Waals surface area contributed by atoms with Gasteiger partial charge in [-0.15, -0.1) is 11.3 Å². The van der Waals surface area contributed by atoms with Crippen LogP contribution in [0, 0.1) is 17.2 Å². The van der Waals surface area contributed by atoms with Crippen LogP contribution in [0.25, 0.3) is 0 Å². The van der Waals surface area contributed by atoms with Gasteiger partial charge in [0.2, 0.25) is 5.91 Å². The van der Waals surface area contributed by atoms with Crippen molar-refractivity contribution >= 4 is 40.5 Å². The van der Waals surface area contributed by atoms with Crippen molar-refractivity contribution in [1.82, 2.24) is 5.32 Å². The summed E-state index contributed by atoms with van der Waals surface area (Å²) in [7, 11) is 1.54. The van der Waals surface area contributed by atoms with Gasteiger partial charge in [-0.3, -0.25) is 9.59 Å². The standard InChI is InChI=1S/C27H23N3O3S2/c1-17-24(26(32)30-20-11-6-7-12-22(20)33-2)25(23-13-8-14-34-23)19(15-28)27(29-17)35-16-21(31)18-9-4-3-5-10-18/h3-14,24-25,29H,1,16H2,2H3,(H,30,32). The summed E-state index contributed by atoms with van der Waals surface area (Å²) in [5.74, 6) is -0.922. The molecule has 2 unspecified atom stereocenters. The molecule has 1 aromatic heterocycles. The minimum Gasteiger partial charge on any atom is -0.495 e. The molecule has 2 heterocycles. The Balaban J connectivity index is 1.64. The number of anilines is 1. The second kappa shape index (κ2) is 11.1. The lowest BCUT2D eigenvalue weighted by molar-refractivity contribution is -0.119. The third kappa shape index (κ3) is 5.32. The fraction of sp³-hybridized carbons (Fsp3) is 0.148. The minimum atomic E-state index is -0.734. The molecular formula is C27H23N3O3S2. The first kappa shape index (κ1) is 24.3. The number of amides is 1. The lowest BCUT2D eigenvalue weighted by atomic mass is 9.80. The van der Waals surface area contributed by atoms with Crippen molar-refractivity contribution in [2.75, 3.05) is 18.2 Å². The predicted octanol–water partition coefficient (Wildman–Crippen LogP) is 5.56. The number of nitrogens with zero attached hydrogens (tertiary/aromatic N) is 1. The largest absolute Gasteiger partial charge is 0.495 e. The van der Waals surface area contributed by atoms with E-state index in [0.29, 0.717) is 33.3 Å². The second-order valence-corrected chi connectivity index (χ2v) is 9.71. The van der Waals surface area contributed by atoms with Gasteiger partial charge in [0.1, 0.15) is 5.75 Å². The Labute approximate surface area is 212 Å². The molecule has 0 saturated heterocycles. The fourth-order valence-corrected chi connectivity index (χ4v) is 5.77. The van der Waals surface area contributed by atoms with Crippen molar-refractivity contribution in [3.8, 4) is 11.8 Å². The summed E-state index contributed by atoms with van der Waals surface area (Å²) in [5.41, 5.74) is 2.02. The van der Waals surface area contributed by atoms with Gasteiger partial charge >= 0.3 is 0 Å². The van der Waals surface area contributed by atoms with E-state index in [0.717, 1.165) is 4.88 Å². The normalized spacial score (nSPS) is 17.3. The molecule has 0 bridgehead atoms. The number of carbonyl (C=O) groups excluding carboxylic acids is 2. The van der Waals surface area contributed by atoms with Gasteiger partial charge in [0.05, 0.1) is 41.1 Å². The fourth-order valence-electron chi connectivity index (χ4n) is 3.92. The molecule has 0 saturated carbocycles. The smallest absolute Gasteiger partial charge is 0.234 e. The number of methoxy groups -OCH3 is 1. The molecule has 2 atom stereocenters. The Morgan fingerprint density at radius 2 is 1.89 bits per heavy atom. The number of nitriles is 1. The number of thiophene rings is 1. The van der Waals surface area contributed by atoms with E-state index in [4.69, 9.17) is 4.74 Å². The molecular weight excluding hydrogens is 478 g/mol. The van der Waals surface area contributed by atoms with Gasteiger partial charge in [0.25, 0.3) is 0 Å². The molecule has 0 radical (unpaired) electrons.